The fourth-order valence-electron chi connectivity index (χ4n) is 4.64. The summed E-state index contributed by atoms with van der Waals surface area (Å²) in [7, 11) is 2.09. The number of nitrogens with zero attached hydrogens (tertiary/aromatic N) is 4. The van der Waals surface area contributed by atoms with Crippen LogP contribution < -0.4 is 0 Å². The van der Waals surface area contributed by atoms with Crippen LogP contribution in [0.2, 0.25) is 0 Å². The second-order valence-electron chi connectivity index (χ2n) is 7.60. The molecule has 6 heteroatoms. The van der Waals surface area contributed by atoms with Crippen LogP contribution in [0.15, 0.2) is 18.3 Å². The van der Waals surface area contributed by atoms with E-state index >= 15 is 0 Å². The average Bonchev–Trinajstić information content (AvgIpc) is 3.20. The molecule has 3 amide bonds. The van der Waals surface area contributed by atoms with Gasteiger partial charge in [0.05, 0.1) is 0 Å². The number of piperidine rings is 1. The number of amides is 3. The molecule has 3 aliphatic heterocycles. The Morgan fingerprint density at radius 1 is 1.25 bits per heavy atom. The van der Waals surface area contributed by atoms with Crippen molar-refractivity contribution in [3.8, 4) is 0 Å². The van der Waals surface area contributed by atoms with E-state index in [9.17, 15) is 9.59 Å². The van der Waals surface area contributed by atoms with Crippen molar-refractivity contribution in [1.82, 2.24) is 19.3 Å². The highest BCUT2D eigenvalue weighted by atomic mass is 16.2. The van der Waals surface area contributed by atoms with Gasteiger partial charge in [0.1, 0.15) is 6.04 Å². The summed E-state index contributed by atoms with van der Waals surface area (Å²) in [4.78, 5) is 30.5. The number of aromatic nitrogens is 1. The van der Waals surface area contributed by atoms with Crippen LogP contribution in [0.4, 0.5) is 4.79 Å². The first-order chi connectivity index (χ1) is 11.5. The van der Waals surface area contributed by atoms with Crippen LogP contribution >= 0.6 is 0 Å². The van der Waals surface area contributed by atoms with Crippen molar-refractivity contribution in [1.29, 1.82) is 0 Å². The number of imide groups is 1. The van der Waals surface area contributed by atoms with Gasteiger partial charge in [0.2, 0.25) is 0 Å². The molecule has 1 atom stereocenters. The van der Waals surface area contributed by atoms with E-state index in [1.807, 2.05) is 11.8 Å². The van der Waals surface area contributed by atoms with E-state index in [-0.39, 0.29) is 23.4 Å². The molecule has 6 nitrogen and oxygen atoms in total. The molecule has 0 bridgehead atoms. The summed E-state index contributed by atoms with van der Waals surface area (Å²) in [6.45, 7) is 6.19. The second-order valence-corrected chi connectivity index (χ2v) is 7.60. The van der Waals surface area contributed by atoms with Gasteiger partial charge in [-0.15, -0.1) is 0 Å². The number of likely N-dealkylation sites (N-methyl/N-ethyl adjacent to an activating group) is 1. The molecule has 0 aliphatic carbocycles. The Bertz CT molecular complexity index is 634. The minimum absolute atomic E-state index is 0.0191. The van der Waals surface area contributed by atoms with Crippen molar-refractivity contribution in [2.75, 3.05) is 26.2 Å². The smallest absolute Gasteiger partial charge is 0.327 e. The molecule has 4 heterocycles. The number of urea groups is 1. The summed E-state index contributed by atoms with van der Waals surface area (Å²) >= 11 is 0. The van der Waals surface area contributed by atoms with Crippen molar-refractivity contribution >= 4 is 11.9 Å². The number of carbonyl (C=O) groups excluding carboxylic acids is 2. The van der Waals surface area contributed by atoms with Crippen LogP contribution in [0.5, 0.6) is 0 Å². The monoisotopic (exact) mass is 330 g/mol. The largest absolute Gasteiger partial charge is 0.353 e. The first-order valence-corrected chi connectivity index (χ1v) is 8.97. The number of fused-ring (bicyclic) bond motifs is 1. The van der Waals surface area contributed by atoms with Gasteiger partial charge in [-0.2, -0.15) is 0 Å². The lowest BCUT2D eigenvalue weighted by Gasteiger charge is -2.39. The summed E-state index contributed by atoms with van der Waals surface area (Å²) in [5.74, 6) is 0.0191. The van der Waals surface area contributed by atoms with Gasteiger partial charge >= 0.3 is 6.03 Å². The molecule has 3 aliphatic rings. The average molecular weight is 330 g/mol. The Labute approximate surface area is 143 Å². The molecule has 130 valence electrons. The highest BCUT2D eigenvalue weighted by Gasteiger charge is 2.55. The Kier molecular flexibility index (Phi) is 3.67. The zero-order valence-corrected chi connectivity index (χ0v) is 14.6. The number of hydrogen-bond acceptors (Lipinski definition) is 3. The van der Waals surface area contributed by atoms with Crippen LogP contribution in [-0.2, 0) is 18.4 Å². The van der Waals surface area contributed by atoms with Gasteiger partial charge in [-0.3, -0.25) is 14.6 Å². The van der Waals surface area contributed by atoms with Gasteiger partial charge in [-0.05, 0) is 56.8 Å². The topological polar surface area (TPSA) is 48.8 Å². The first-order valence-electron chi connectivity index (χ1n) is 8.97. The number of aryl methyl sites for hydroxylation is 1. The number of likely N-dealkylation sites (tertiary alicyclic amines) is 1. The minimum atomic E-state index is -0.197. The maximum atomic E-state index is 12.4. The van der Waals surface area contributed by atoms with Gasteiger partial charge in [-0.25, -0.2) is 4.79 Å². The van der Waals surface area contributed by atoms with Crippen LogP contribution in [0.1, 0.15) is 31.9 Å². The van der Waals surface area contributed by atoms with E-state index in [0.717, 1.165) is 45.4 Å². The molecule has 1 aromatic rings. The molecule has 3 fully saturated rings. The maximum Gasteiger partial charge on any atom is 0.327 e. The molecule has 0 aromatic carbocycles. The third-order valence-corrected chi connectivity index (χ3v) is 6.21. The maximum absolute atomic E-state index is 12.4. The lowest BCUT2D eigenvalue weighted by molar-refractivity contribution is -0.128. The zero-order chi connectivity index (χ0) is 16.9. The van der Waals surface area contributed by atoms with E-state index in [2.05, 4.69) is 34.8 Å². The van der Waals surface area contributed by atoms with Crippen LogP contribution in [-0.4, -0.2) is 63.4 Å². The molecule has 1 spiro atoms. The molecule has 3 saturated heterocycles. The molecule has 4 rings (SSSR count). The van der Waals surface area contributed by atoms with E-state index in [0.29, 0.717) is 6.54 Å². The van der Waals surface area contributed by atoms with Crippen molar-refractivity contribution < 1.29 is 9.59 Å². The van der Waals surface area contributed by atoms with Gasteiger partial charge in [-0.1, -0.05) is 0 Å². The van der Waals surface area contributed by atoms with E-state index < -0.39 is 0 Å². The summed E-state index contributed by atoms with van der Waals surface area (Å²) < 4.78 is 2.17. The lowest BCUT2D eigenvalue weighted by atomic mass is 9.76. The number of rotatable bonds is 3. The molecular formula is C18H26N4O2. The second kappa shape index (κ2) is 5.62. The third-order valence-electron chi connectivity index (χ3n) is 6.21. The van der Waals surface area contributed by atoms with E-state index in [1.54, 1.807) is 0 Å². The Balaban J connectivity index is 1.39. The summed E-state index contributed by atoms with van der Waals surface area (Å²) in [6, 6.07) is 3.99. The Morgan fingerprint density at radius 3 is 2.58 bits per heavy atom. The predicted molar refractivity (Wildman–Crippen MR) is 90.3 cm³/mol. The molecular weight excluding hydrogens is 304 g/mol. The molecule has 24 heavy (non-hydrogen) atoms. The summed E-state index contributed by atoms with van der Waals surface area (Å²) in [6.07, 6.45) is 5.10. The molecule has 0 N–H and O–H groups in total. The van der Waals surface area contributed by atoms with Crippen molar-refractivity contribution in [3.05, 3.63) is 24.0 Å². The lowest BCUT2D eigenvalue weighted by Crippen LogP contribution is -2.43. The summed E-state index contributed by atoms with van der Waals surface area (Å²) in [5, 5.41) is 0. The van der Waals surface area contributed by atoms with Crippen LogP contribution in [0, 0.1) is 5.41 Å². The van der Waals surface area contributed by atoms with Crippen molar-refractivity contribution in [3.63, 3.8) is 0 Å². The normalized spacial score (nSPS) is 26.7. The quantitative estimate of drug-likeness (QED) is 0.792. The van der Waals surface area contributed by atoms with Crippen LogP contribution in [0.3, 0.4) is 0 Å². The molecule has 1 unspecified atom stereocenters. The summed E-state index contributed by atoms with van der Waals surface area (Å²) in [5.41, 5.74) is 1.49. The fourth-order valence-corrected chi connectivity index (χ4v) is 4.64. The van der Waals surface area contributed by atoms with Crippen molar-refractivity contribution in [2.24, 2.45) is 12.5 Å². The van der Waals surface area contributed by atoms with Gasteiger partial charge in [0.15, 0.2) is 0 Å². The standard InChI is InChI=1S/C18H26N4O2/c1-3-21-16(23)15-11-18(13-22(15)17(21)24)6-9-20(10-7-18)12-14-5-4-8-19(14)2/h4-5,8,15H,3,6-7,9-13H2,1-2H3. The molecule has 1 aromatic heterocycles. The fraction of sp³-hybridized carbons (Fsp3) is 0.667. The van der Waals surface area contributed by atoms with Gasteiger partial charge < -0.3 is 9.47 Å². The van der Waals surface area contributed by atoms with Gasteiger partial charge in [0.25, 0.3) is 5.91 Å². The van der Waals surface area contributed by atoms with E-state index in [1.165, 1.54) is 10.6 Å². The van der Waals surface area contributed by atoms with Gasteiger partial charge in [0, 0.05) is 38.6 Å². The number of carbonyl (C=O) groups is 2. The SMILES string of the molecule is CCN1C(=O)C2CC3(CCN(Cc4cccn4C)CC3)CN2C1=O. The molecule has 0 saturated carbocycles. The first kappa shape index (κ1) is 15.7. The minimum Gasteiger partial charge on any atom is -0.353 e. The van der Waals surface area contributed by atoms with Crippen molar-refractivity contribution in [2.45, 2.75) is 38.8 Å². The van der Waals surface area contributed by atoms with E-state index in [4.69, 9.17) is 0 Å². The predicted octanol–water partition coefficient (Wildman–Crippen LogP) is 1.66. The highest BCUT2D eigenvalue weighted by Crippen LogP contribution is 2.46. The molecule has 0 radical (unpaired) electrons. The highest BCUT2D eigenvalue weighted by molar-refractivity contribution is 6.04. The Morgan fingerprint density at radius 2 is 2.00 bits per heavy atom. The number of hydrogen-bond donors (Lipinski definition) is 0. The zero-order valence-electron chi connectivity index (χ0n) is 14.6. The Hall–Kier alpha value is -1.82. The van der Waals surface area contributed by atoms with Crippen LogP contribution in [0.25, 0.3) is 0 Å². The third kappa shape index (κ3) is 2.35.